The molecule has 2 nitrogen and oxygen atoms in total. The van der Waals surface area contributed by atoms with Crippen molar-refractivity contribution < 1.29 is 4.74 Å². The SMILES string of the molecule is CCc1cnc(C)c(COC)c1. The van der Waals surface area contributed by atoms with Gasteiger partial charge in [-0.2, -0.15) is 0 Å². The second-order valence-electron chi connectivity index (χ2n) is 2.87. The third kappa shape index (κ3) is 2.05. The van der Waals surface area contributed by atoms with E-state index in [2.05, 4.69) is 18.0 Å². The molecular weight excluding hydrogens is 150 g/mol. The first kappa shape index (κ1) is 9.20. The highest BCUT2D eigenvalue weighted by Crippen LogP contribution is 2.09. The summed E-state index contributed by atoms with van der Waals surface area (Å²) in [5.74, 6) is 0. The average Bonchev–Trinajstić information content (AvgIpc) is 2.09. The molecule has 0 amide bonds. The van der Waals surface area contributed by atoms with Crippen LogP contribution < -0.4 is 0 Å². The molecule has 0 bridgehead atoms. The molecule has 0 spiro atoms. The number of ether oxygens (including phenoxy) is 1. The van der Waals surface area contributed by atoms with Crippen LogP contribution in [0.4, 0.5) is 0 Å². The predicted molar refractivity (Wildman–Crippen MR) is 49.1 cm³/mol. The largest absolute Gasteiger partial charge is 0.380 e. The molecule has 1 aromatic heterocycles. The number of rotatable bonds is 3. The van der Waals surface area contributed by atoms with Gasteiger partial charge in [-0.1, -0.05) is 13.0 Å². The molecule has 0 atom stereocenters. The van der Waals surface area contributed by atoms with E-state index in [9.17, 15) is 0 Å². The first-order valence-corrected chi connectivity index (χ1v) is 4.21. The van der Waals surface area contributed by atoms with Crippen LogP contribution >= 0.6 is 0 Å². The van der Waals surface area contributed by atoms with Crippen molar-refractivity contribution >= 4 is 0 Å². The van der Waals surface area contributed by atoms with Crippen LogP contribution in [0.25, 0.3) is 0 Å². The Hall–Kier alpha value is -0.890. The van der Waals surface area contributed by atoms with Crippen molar-refractivity contribution in [3.63, 3.8) is 0 Å². The average molecular weight is 165 g/mol. The minimum Gasteiger partial charge on any atom is -0.380 e. The fourth-order valence-corrected chi connectivity index (χ4v) is 1.12. The van der Waals surface area contributed by atoms with Crippen molar-refractivity contribution in [1.82, 2.24) is 4.98 Å². The lowest BCUT2D eigenvalue weighted by Crippen LogP contribution is -1.96. The minimum atomic E-state index is 0.659. The number of aromatic nitrogens is 1. The number of methoxy groups -OCH3 is 1. The molecule has 0 aromatic carbocycles. The number of hydrogen-bond acceptors (Lipinski definition) is 2. The normalized spacial score (nSPS) is 10.2. The summed E-state index contributed by atoms with van der Waals surface area (Å²) >= 11 is 0. The Morgan fingerprint density at radius 1 is 1.50 bits per heavy atom. The molecule has 0 unspecified atom stereocenters. The fraction of sp³-hybridized carbons (Fsp3) is 0.500. The van der Waals surface area contributed by atoms with Crippen molar-refractivity contribution in [2.24, 2.45) is 0 Å². The van der Waals surface area contributed by atoms with E-state index in [1.54, 1.807) is 7.11 Å². The van der Waals surface area contributed by atoms with Gasteiger partial charge >= 0.3 is 0 Å². The Kier molecular flexibility index (Phi) is 3.23. The summed E-state index contributed by atoms with van der Waals surface area (Å²) in [7, 11) is 1.71. The van der Waals surface area contributed by atoms with Gasteiger partial charge in [-0.15, -0.1) is 0 Å². The van der Waals surface area contributed by atoms with Crippen LogP contribution in [0.2, 0.25) is 0 Å². The summed E-state index contributed by atoms with van der Waals surface area (Å²) in [6.45, 7) is 4.80. The van der Waals surface area contributed by atoms with E-state index < -0.39 is 0 Å². The summed E-state index contributed by atoms with van der Waals surface area (Å²) in [6.07, 6.45) is 2.96. The first-order valence-electron chi connectivity index (χ1n) is 4.21. The maximum Gasteiger partial charge on any atom is 0.0730 e. The maximum atomic E-state index is 5.07. The fourth-order valence-electron chi connectivity index (χ4n) is 1.12. The van der Waals surface area contributed by atoms with Crippen LogP contribution in [0.1, 0.15) is 23.7 Å². The zero-order valence-corrected chi connectivity index (χ0v) is 7.92. The maximum absolute atomic E-state index is 5.07. The van der Waals surface area contributed by atoms with Crippen LogP contribution in [-0.4, -0.2) is 12.1 Å². The highest BCUT2D eigenvalue weighted by atomic mass is 16.5. The summed E-state index contributed by atoms with van der Waals surface area (Å²) in [4.78, 5) is 4.29. The van der Waals surface area contributed by atoms with Gasteiger partial charge in [-0.05, 0) is 24.5 Å². The molecule has 66 valence electrons. The van der Waals surface area contributed by atoms with E-state index in [0.717, 1.165) is 12.1 Å². The van der Waals surface area contributed by atoms with Crippen LogP contribution in [0.5, 0.6) is 0 Å². The number of pyridine rings is 1. The van der Waals surface area contributed by atoms with E-state index in [4.69, 9.17) is 4.74 Å². The molecule has 1 rings (SSSR count). The molecule has 0 saturated carbocycles. The number of hydrogen-bond donors (Lipinski definition) is 0. The van der Waals surface area contributed by atoms with E-state index >= 15 is 0 Å². The first-order chi connectivity index (χ1) is 5.77. The van der Waals surface area contributed by atoms with Gasteiger partial charge in [0.2, 0.25) is 0 Å². The zero-order valence-electron chi connectivity index (χ0n) is 7.92. The van der Waals surface area contributed by atoms with Crippen LogP contribution in [0.15, 0.2) is 12.3 Å². The lowest BCUT2D eigenvalue weighted by molar-refractivity contribution is 0.184. The van der Waals surface area contributed by atoms with Gasteiger partial charge in [0, 0.05) is 19.0 Å². The Morgan fingerprint density at radius 3 is 2.83 bits per heavy atom. The van der Waals surface area contributed by atoms with Gasteiger partial charge in [-0.3, -0.25) is 4.98 Å². The zero-order chi connectivity index (χ0) is 8.97. The van der Waals surface area contributed by atoms with E-state index in [1.165, 1.54) is 11.1 Å². The van der Waals surface area contributed by atoms with Gasteiger partial charge < -0.3 is 4.74 Å². The molecule has 0 aliphatic rings. The third-order valence-electron chi connectivity index (χ3n) is 1.96. The van der Waals surface area contributed by atoms with Crippen LogP contribution in [0, 0.1) is 6.92 Å². The molecule has 0 N–H and O–H groups in total. The second kappa shape index (κ2) is 4.21. The summed E-state index contributed by atoms with van der Waals surface area (Å²) in [5.41, 5.74) is 3.53. The molecule has 0 aliphatic heterocycles. The minimum absolute atomic E-state index is 0.659. The topological polar surface area (TPSA) is 22.1 Å². The van der Waals surface area contributed by atoms with Gasteiger partial charge in [0.05, 0.1) is 6.61 Å². The van der Waals surface area contributed by atoms with Gasteiger partial charge in [0.15, 0.2) is 0 Å². The van der Waals surface area contributed by atoms with Crippen LogP contribution in [0.3, 0.4) is 0 Å². The molecule has 2 heteroatoms. The van der Waals surface area contributed by atoms with Crippen molar-refractivity contribution in [3.05, 3.63) is 29.1 Å². The molecule has 0 fully saturated rings. The Morgan fingerprint density at radius 2 is 2.25 bits per heavy atom. The Labute approximate surface area is 73.6 Å². The lowest BCUT2D eigenvalue weighted by atomic mass is 10.1. The van der Waals surface area contributed by atoms with Crippen molar-refractivity contribution in [1.29, 1.82) is 0 Å². The summed E-state index contributed by atoms with van der Waals surface area (Å²) in [5, 5.41) is 0. The van der Waals surface area contributed by atoms with Crippen LogP contribution in [-0.2, 0) is 17.8 Å². The highest BCUT2D eigenvalue weighted by molar-refractivity contribution is 5.23. The second-order valence-corrected chi connectivity index (χ2v) is 2.87. The molecule has 1 heterocycles. The molecule has 0 aliphatic carbocycles. The smallest absolute Gasteiger partial charge is 0.0730 e. The molecule has 0 saturated heterocycles. The Bertz CT molecular complexity index is 258. The van der Waals surface area contributed by atoms with Crippen molar-refractivity contribution in [3.8, 4) is 0 Å². The summed E-state index contributed by atoms with van der Waals surface area (Å²) < 4.78 is 5.07. The number of nitrogens with zero attached hydrogens (tertiary/aromatic N) is 1. The highest BCUT2D eigenvalue weighted by Gasteiger charge is 1.99. The van der Waals surface area contributed by atoms with Gasteiger partial charge in [-0.25, -0.2) is 0 Å². The van der Waals surface area contributed by atoms with E-state index in [-0.39, 0.29) is 0 Å². The standard InChI is InChI=1S/C10H15NO/c1-4-9-5-10(7-12-3)8(2)11-6-9/h5-6H,4,7H2,1-3H3. The molecule has 0 radical (unpaired) electrons. The Balaban J connectivity index is 2.91. The van der Waals surface area contributed by atoms with E-state index in [1.807, 2.05) is 13.1 Å². The quantitative estimate of drug-likeness (QED) is 0.684. The number of aryl methyl sites for hydroxylation is 2. The predicted octanol–water partition coefficient (Wildman–Crippen LogP) is 2.10. The lowest BCUT2D eigenvalue weighted by Gasteiger charge is -2.05. The van der Waals surface area contributed by atoms with Gasteiger partial charge in [0.25, 0.3) is 0 Å². The summed E-state index contributed by atoms with van der Waals surface area (Å²) in [6, 6.07) is 2.16. The monoisotopic (exact) mass is 165 g/mol. The van der Waals surface area contributed by atoms with E-state index in [0.29, 0.717) is 6.61 Å². The third-order valence-corrected chi connectivity index (χ3v) is 1.96. The molecular formula is C10H15NO. The van der Waals surface area contributed by atoms with Gasteiger partial charge in [0.1, 0.15) is 0 Å². The van der Waals surface area contributed by atoms with Crippen molar-refractivity contribution in [2.75, 3.05) is 7.11 Å². The molecule has 1 aromatic rings. The van der Waals surface area contributed by atoms with Crippen molar-refractivity contribution in [2.45, 2.75) is 26.9 Å². The molecule has 12 heavy (non-hydrogen) atoms.